The number of carbonyl (C=O) groups excluding carboxylic acids is 1. The number of rotatable bonds is 7. The molecule has 0 spiro atoms. The molecule has 3 heterocycles. The van der Waals surface area contributed by atoms with Crippen molar-refractivity contribution in [1.29, 1.82) is 0 Å². The Labute approximate surface area is 206 Å². The van der Waals surface area contributed by atoms with E-state index in [9.17, 15) is 9.59 Å². The van der Waals surface area contributed by atoms with Gasteiger partial charge in [0.25, 0.3) is 5.56 Å². The maximum Gasteiger partial charge on any atom is 0.338 e. The van der Waals surface area contributed by atoms with Gasteiger partial charge in [-0.3, -0.25) is 9.36 Å². The zero-order chi connectivity index (χ0) is 25.3. The van der Waals surface area contributed by atoms with Crippen LogP contribution in [-0.4, -0.2) is 45.5 Å². The zero-order valence-corrected chi connectivity index (χ0v) is 21.3. The molecule has 0 aliphatic carbocycles. The molecule has 1 aliphatic heterocycles. The summed E-state index contributed by atoms with van der Waals surface area (Å²) in [6, 6.07) is 8.07. The second kappa shape index (κ2) is 9.83. The van der Waals surface area contributed by atoms with E-state index >= 15 is 0 Å². The number of nitrogens with zero attached hydrogens (tertiary/aromatic N) is 3. The summed E-state index contributed by atoms with van der Waals surface area (Å²) < 4.78 is 24.1. The third-order valence-electron chi connectivity index (χ3n) is 5.58. The van der Waals surface area contributed by atoms with Crippen molar-refractivity contribution >= 4 is 29.3 Å². The number of thiazole rings is 1. The van der Waals surface area contributed by atoms with Gasteiger partial charge in [0, 0.05) is 31.8 Å². The second-order valence-corrected chi connectivity index (χ2v) is 8.99. The highest BCUT2D eigenvalue weighted by Crippen LogP contribution is 2.37. The quantitative estimate of drug-likeness (QED) is 0.463. The molecule has 184 valence electrons. The van der Waals surface area contributed by atoms with Crippen LogP contribution in [0.2, 0.25) is 0 Å². The van der Waals surface area contributed by atoms with E-state index in [1.165, 1.54) is 23.0 Å². The first-order valence-corrected chi connectivity index (χ1v) is 11.8. The van der Waals surface area contributed by atoms with Gasteiger partial charge in [-0.15, -0.1) is 0 Å². The highest BCUT2D eigenvalue weighted by molar-refractivity contribution is 7.07. The van der Waals surface area contributed by atoms with Gasteiger partial charge in [0.05, 0.1) is 36.6 Å². The average Bonchev–Trinajstić information content (AvgIpc) is 3.42. The molecule has 0 unspecified atom stereocenters. The number of ether oxygens (including phenoxy) is 3. The van der Waals surface area contributed by atoms with Gasteiger partial charge in [-0.05, 0) is 38.1 Å². The van der Waals surface area contributed by atoms with Crippen molar-refractivity contribution in [2.45, 2.75) is 19.9 Å². The Hall–Kier alpha value is -3.79. The summed E-state index contributed by atoms with van der Waals surface area (Å²) in [5, 5.41) is 0. The van der Waals surface area contributed by atoms with E-state index in [2.05, 4.69) is 4.99 Å². The minimum Gasteiger partial charge on any atom is -0.497 e. The summed E-state index contributed by atoms with van der Waals surface area (Å²) in [6.07, 6.45) is 1.68. The maximum atomic E-state index is 13.7. The van der Waals surface area contributed by atoms with Crippen molar-refractivity contribution in [3.8, 4) is 11.5 Å². The Morgan fingerprint density at radius 1 is 1.23 bits per heavy atom. The van der Waals surface area contributed by atoms with Gasteiger partial charge in [-0.2, -0.15) is 0 Å². The lowest BCUT2D eigenvalue weighted by Crippen LogP contribution is -2.40. The van der Waals surface area contributed by atoms with Gasteiger partial charge in [-0.1, -0.05) is 11.3 Å². The van der Waals surface area contributed by atoms with Crippen LogP contribution >= 0.6 is 11.3 Å². The Morgan fingerprint density at radius 3 is 2.63 bits per heavy atom. The second-order valence-electron chi connectivity index (χ2n) is 7.98. The molecule has 35 heavy (non-hydrogen) atoms. The molecular weight excluding hydrogens is 470 g/mol. The smallest absolute Gasteiger partial charge is 0.338 e. The summed E-state index contributed by atoms with van der Waals surface area (Å²) in [7, 11) is 6.83. The van der Waals surface area contributed by atoms with E-state index in [4.69, 9.17) is 18.6 Å². The molecule has 0 amide bonds. The average molecular weight is 498 g/mol. The van der Waals surface area contributed by atoms with Crippen LogP contribution in [0.1, 0.15) is 31.2 Å². The lowest BCUT2D eigenvalue weighted by Gasteiger charge is -2.26. The lowest BCUT2D eigenvalue weighted by molar-refractivity contribution is -0.139. The van der Waals surface area contributed by atoms with Crippen molar-refractivity contribution in [2.24, 2.45) is 4.99 Å². The number of allylic oxidation sites excluding steroid dienone is 1. The molecule has 1 aliphatic rings. The van der Waals surface area contributed by atoms with Gasteiger partial charge in [-0.25, -0.2) is 9.79 Å². The molecule has 0 N–H and O–H groups in total. The first-order valence-electron chi connectivity index (χ1n) is 11.0. The third-order valence-corrected chi connectivity index (χ3v) is 6.56. The summed E-state index contributed by atoms with van der Waals surface area (Å²) in [5.41, 5.74) is 1.02. The van der Waals surface area contributed by atoms with Crippen molar-refractivity contribution in [2.75, 3.05) is 39.8 Å². The van der Waals surface area contributed by atoms with Crippen molar-refractivity contribution in [1.82, 2.24) is 4.57 Å². The van der Waals surface area contributed by atoms with Crippen LogP contribution in [0.3, 0.4) is 0 Å². The molecule has 0 saturated carbocycles. The fourth-order valence-electron chi connectivity index (χ4n) is 3.93. The van der Waals surface area contributed by atoms with Crippen LogP contribution < -0.4 is 29.3 Å². The van der Waals surface area contributed by atoms with Crippen LogP contribution in [0, 0.1) is 0 Å². The highest BCUT2D eigenvalue weighted by atomic mass is 32.1. The highest BCUT2D eigenvalue weighted by Gasteiger charge is 2.35. The molecule has 0 bridgehead atoms. The first kappa shape index (κ1) is 24.3. The third kappa shape index (κ3) is 4.49. The standard InChI is InChI=1S/C25H27N3O6S/c1-7-33-24(30)21-14(2)26-25-28(22(21)17-12-15(31-5)8-10-18(17)32-6)23(29)19(35-25)13-16-9-11-20(34-16)27(3)4/h8-13,22H,7H2,1-6H3/b19-13-/t22-/m1/s1. The number of hydrogen-bond donors (Lipinski definition) is 0. The van der Waals surface area contributed by atoms with E-state index in [1.807, 2.05) is 25.1 Å². The Bertz CT molecular complexity index is 1480. The molecule has 3 aromatic rings. The van der Waals surface area contributed by atoms with E-state index in [1.54, 1.807) is 51.3 Å². The molecule has 1 atom stereocenters. The number of fused-ring (bicyclic) bond motifs is 1. The zero-order valence-electron chi connectivity index (χ0n) is 20.4. The number of anilines is 1. The van der Waals surface area contributed by atoms with Crippen molar-refractivity contribution in [3.63, 3.8) is 0 Å². The van der Waals surface area contributed by atoms with Crippen LogP contribution in [-0.2, 0) is 9.53 Å². The number of aromatic nitrogens is 1. The van der Waals surface area contributed by atoms with Crippen molar-refractivity contribution < 1.29 is 23.4 Å². The fourth-order valence-corrected chi connectivity index (χ4v) is 4.95. The van der Waals surface area contributed by atoms with Crippen LogP contribution in [0.4, 0.5) is 5.88 Å². The van der Waals surface area contributed by atoms with Gasteiger partial charge in [0.1, 0.15) is 23.3 Å². The molecule has 4 rings (SSSR count). The minimum absolute atomic E-state index is 0.189. The largest absolute Gasteiger partial charge is 0.497 e. The molecule has 2 aromatic heterocycles. The number of esters is 1. The molecule has 0 fully saturated rings. The first-order chi connectivity index (χ1) is 16.8. The number of hydrogen-bond acceptors (Lipinski definition) is 9. The predicted molar refractivity (Wildman–Crippen MR) is 133 cm³/mol. The van der Waals surface area contributed by atoms with Crippen molar-refractivity contribution in [3.05, 3.63) is 72.6 Å². The Kier molecular flexibility index (Phi) is 6.83. The number of carbonyl (C=O) groups is 1. The molecule has 1 aromatic carbocycles. The Morgan fingerprint density at radius 2 is 2.00 bits per heavy atom. The van der Waals surface area contributed by atoms with E-state index in [-0.39, 0.29) is 17.7 Å². The summed E-state index contributed by atoms with van der Waals surface area (Å²) in [6.45, 7) is 3.66. The lowest BCUT2D eigenvalue weighted by atomic mass is 9.95. The maximum absolute atomic E-state index is 13.7. The number of furan rings is 1. The van der Waals surface area contributed by atoms with Crippen LogP contribution in [0.15, 0.2) is 55.8 Å². The molecular formula is C25H27N3O6S. The van der Waals surface area contributed by atoms with Gasteiger partial charge < -0.3 is 23.5 Å². The Balaban J connectivity index is 1.98. The van der Waals surface area contributed by atoms with E-state index in [0.717, 1.165) is 0 Å². The van der Waals surface area contributed by atoms with Gasteiger partial charge in [0.15, 0.2) is 10.7 Å². The summed E-state index contributed by atoms with van der Waals surface area (Å²) >= 11 is 1.22. The summed E-state index contributed by atoms with van der Waals surface area (Å²) in [5.74, 6) is 1.73. The van der Waals surface area contributed by atoms with Gasteiger partial charge >= 0.3 is 5.97 Å². The SMILES string of the molecule is CCOC(=O)C1=C(C)N=c2s/c(=C\c3ccc(N(C)C)o3)c(=O)n2[C@@H]1c1cc(OC)ccc1OC. The molecule has 9 nitrogen and oxygen atoms in total. The molecule has 0 saturated heterocycles. The minimum atomic E-state index is -0.813. The van der Waals surface area contributed by atoms with Gasteiger partial charge in [0.2, 0.25) is 0 Å². The number of benzene rings is 1. The van der Waals surface area contributed by atoms with E-state index in [0.29, 0.717) is 43.7 Å². The molecule has 10 heteroatoms. The normalized spacial score (nSPS) is 15.5. The predicted octanol–water partition coefficient (Wildman–Crippen LogP) is 2.47. The van der Waals surface area contributed by atoms with E-state index < -0.39 is 12.0 Å². The van der Waals surface area contributed by atoms with Crippen LogP contribution in [0.5, 0.6) is 11.5 Å². The monoisotopic (exact) mass is 497 g/mol. The summed E-state index contributed by atoms with van der Waals surface area (Å²) in [4.78, 5) is 33.7. The van der Waals surface area contributed by atoms with Crippen LogP contribution in [0.25, 0.3) is 6.08 Å². The number of methoxy groups -OCH3 is 2. The molecule has 0 radical (unpaired) electrons. The fraction of sp³-hybridized carbons (Fsp3) is 0.320. The topological polar surface area (TPSA) is 95.5 Å².